The zero-order valence-corrected chi connectivity index (χ0v) is 14.1. The predicted octanol–water partition coefficient (Wildman–Crippen LogP) is 2.34. The fourth-order valence-corrected chi connectivity index (χ4v) is 4.38. The van der Waals surface area contributed by atoms with Crippen LogP contribution in [0.2, 0.25) is 0 Å². The van der Waals surface area contributed by atoms with Gasteiger partial charge in [-0.05, 0) is 41.8 Å². The first kappa shape index (κ1) is 16.2. The normalized spacial score (nSPS) is 15.0. The Kier molecular flexibility index (Phi) is 5.19. The molecule has 1 heterocycles. The van der Waals surface area contributed by atoms with Crippen LogP contribution in [0.15, 0.2) is 21.6 Å². The fraction of sp³-hybridized carbons (Fsp3) is 0.538. The van der Waals surface area contributed by atoms with E-state index in [1.165, 1.54) is 4.31 Å². The molecule has 6 nitrogen and oxygen atoms in total. The Morgan fingerprint density at radius 2 is 2.29 bits per heavy atom. The third-order valence-electron chi connectivity index (χ3n) is 3.15. The van der Waals surface area contributed by atoms with E-state index in [4.69, 9.17) is 5.26 Å². The second kappa shape index (κ2) is 6.73. The maximum Gasteiger partial charge on any atom is 0.247 e. The van der Waals surface area contributed by atoms with Crippen LogP contribution in [0.25, 0.3) is 0 Å². The highest BCUT2D eigenvalue weighted by molar-refractivity contribution is 9.10. The zero-order chi connectivity index (χ0) is 15.5. The number of anilines is 1. The van der Waals surface area contributed by atoms with Gasteiger partial charge in [-0.15, -0.1) is 0 Å². The van der Waals surface area contributed by atoms with Crippen LogP contribution >= 0.6 is 15.9 Å². The Hall–Kier alpha value is -1.17. The molecule has 0 aliphatic heterocycles. The molecule has 114 valence electrons. The topological polar surface area (TPSA) is 86.1 Å². The molecular weight excluding hydrogens is 356 g/mol. The lowest BCUT2D eigenvalue weighted by Gasteiger charge is -2.22. The first-order valence-corrected chi connectivity index (χ1v) is 9.02. The molecule has 21 heavy (non-hydrogen) atoms. The quantitative estimate of drug-likeness (QED) is 0.793. The number of hydrogen-bond donors (Lipinski definition) is 1. The summed E-state index contributed by atoms with van der Waals surface area (Å²) < 4.78 is 27.8. The Labute approximate surface area is 133 Å². The predicted molar refractivity (Wildman–Crippen MR) is 83.2 cm³/mol. The highest BCUT2D eigenvalue weighted by Crippen LogP contribution is 2.34. The van der Waals surface area contributed by atoms with E-state index in [-0.39, 0.29) is 23.9 Å². The van der Waals surface area contributed by atoms with Crippen LogP contribution in [-0.2, 0) is 10.0 Å². The third kappa shape index (κ3) is 3.73. The van der Waals surface area contributed by atoms with Gasteiger partial charge in [-0.3, -0.25) is 0 Å². The second-order valence-electron chi connectivity index (χ2n) is 4.79. The molecule has 0 aromatic carbocycles. The number of halogens is 1. The van der Waals surface area contributed by atoms with Crippen LogP contribution in [0.5, 0.6) is 0 Å². The molecule has 0 radical (unpaired) electrons. The van der Waals surface area contributed by atoms with Gasteiger partial charge in [0.2, 0.25) is 10.0 Å². The monoisotopic (exact) mass is 372 g/mol. The average Bonchev–Trinajstić information content (AvgIpc) is 3.26. The summed E-state index contributed by atoms with van der Waals surface area (Å²) in [4.78, 5) is 4.30. The molecule has 0 atom stereocenters. The van der Waals surface area contributed by atoms with Crippen molar-refractivity contribution in [1.82, 2.24) is 9.29 Å². The zero-order valence-electron chi connectivity index (χ0n) is 11.7. The van der Waals surface area contributed by atoms with Crippen LogP contribution in [0.4, 0.5) is 5.82 Å². The van der Waals surface area contributed by atoms with Crippen molar-refractivity contribution < 1.29 is 8.42 Å². The molecule has 1 N–H and O–H groups in total. The second-order valence-corrected chi connectivity index (χ2v) is 7.56. The molecule has 0 bridgehead atoms. The minimum absolute atomic E-state index is 0.0109. The number of nitrogens with zero attached hydrogens (tertiary/aromatic N) is 3. The smallest absolute Gasteiger partial charge is 0.247 e. The van der Waals surface area contributed by atoms with Gasteiger partial charge < -0.3 is 5.32 Å². The van der Waals surface area contributed by atoms with Crippen molar-refractivity contribution >= 4 is 31.8 Å². The summed E-state index contributed by atoms with van der Waals surface area (Å²) in [7, 11) is -3.66. The lowest BCUT2D eigenvalue weighted by molar-refractivity contribution is 0.411. The van der Waals surface area contributed by atoms with Crippen molar-refractivity contribution in [1.29, 1.82) is 5.26 Å². The Balaban J connectivity index is 2.41. The number of nitriles is 1. The fourth-order valence-electron chi connectivity index (χ4n) is 2.07. The maximum atomic E-state index is 12.9. The van der Waals surface area contributed by atoms with Gasteiger partial charge in [0.15, 0.2) is 0 Å². The van der Waals surface area contributed by atoms with Gasteiger partial charge in [-0.2, -0.15) is 9.57 Å². The van der Waals surface area contributed by atoms with Crippen molar-refractivity contribution in [3.63, 3.8) is 0 Å². The number of nitrogens with one attached hydrogen (secondary N) is 1. The summed E-state index contributed by atoms with van der Waals surface area (Å²) in [5.74, 6) is 0.350. The van der Waals surface area contributed by atoms with Crippen molar-refractivity contribution in [3.05, 3.63) is 16.7 Å². The Bertz CT molecular complexity index is 653. The number of aromatic nitrogens is 1. The molecule has 0 saturated heterocycles. The van der Waals surface area contributed by atoms with E-state index in [2.05, 4.69) is 26.2 Å². The van der Waals surface area contributed by atoms with Crippen molar-refractivity contribution in [3.8, 4) is 6.07 Å². The largest absolute Gasteiger partial charge is 0.369 e. The summed E-state index contributed by atoms with van der Waals surface area (Å²) in [6, 6.07) is 3.58. The minimum Gasteiger partial charge on any atom is -0.369 e. The van der Waals surface area contributed by atoms with Gasteiger partial charge in [0.05, 0.1) is 6.07 Å². The summed E-state index contributed by atoms with van der Waals surface area (Å²) in [5.41, 5.74) is 0. The SMILES string of the molecule is CCNc1ncc(Br)cc1S(=O)(=O)N(CCC#N)C1CC1. The summed E-state index contributed by atoms with van der Waals surface area (Å²) >= 11 is 3.27. The highest BCUT2D eigenvalue weighted by atomic mass is 79.9. The molecule has 1 aromatic heterocycles. The van der Waals surface area contributed by atoms with E-state index in [1.807, 2.05) is 13.0 Å². The van der Waals surface area contributed by atoms with E-state index in [9.17, 15) is 8.42 Å². The standard InChI is InChI=1S/C13H17BrN4O2S/c1-2-16-13-12(8-10(14)9-17-13)21(19,20)18(7-3-6-15)11-4-5-11/h8-9,11H,2-5,7H2,1H3,(H,16,17). The van der Waals surface area contributed by atoms with Gasteiger partial charge in [0.25, 0.3) is 0 Å². The molecule has 0 amide bonds. The van der Waals surface area contributed by atoms with Gasteiger partial charge in [0.1, 0.15) is 10.7 Å². The lowest BCUT2D eigenvalue weighted by atomic mass is 10.4. The first-order valence-electron chi connectivity index (χ1n) is 6.79. The van der Waals surface area contributed by atoms with Crippen LogP contribution in [0.1, 0.15) is 26.2 Å². The molecule has 1 aliphatic rings. The van der Waals surface area contributed by atoms with Crippen LogP contribution in [-0.4, -0.2) is 36.8 Å². The first-order chi connectivity index (χ1) is 10.0. The molecule has 1 fully saturated rings. The van der Waals surface area contributed by atoms with Gasteiger partial charge in [-0.25, -0.2) is 13.4 Å². The van der Waals surface area contributed by atoms with Crippen LogP contribution in [0.3, 0.4) is 0 Å². The number of pyridine rings is 1. The maximum absolute atomic E-state index is 12.9. The Morgan fingerprint density at radius 3 is 2.86 bits per heavy atom. The van der Waals surface area contributed by atoms with E-state index in [1.54, 1.807) is 12.3 Å². The molecule has 8 heteroatoms. The molecule has 1 aliphatic carbocycles. The van der Waals surface area contributed by atoms with Gasteiger partial charge >= 0.3 is 0 Å². The van der Waals surface area contributed by atoms with Gasteiger partial charge in [-0.1, -0.05) is 0 Å². The van der Waals surface area contributed by atoms with Crippen molar-refractivity contribution in [2.24, 2.45) is 0 Å². The van der Waals surface area contributed by atoms with Gasteiger partial charge in [0, 0.05) is 36.2 Å². The Morgan fingerprint density at radius 1 is 1.57 bits per heavy atom. The summed E-state index contributed by atoms with van der Waals surface area (Å²) in [6.07, 6.45) is 3.45. The molecule has 0 unspecified atom stereocenters. The number of sulfonamides is 1. The van der Waals surface area contributed by atoms with E-state index in [0.717, 1.165) is 12.8 Å². The van der Waals surface area contributed by atoms with E-state index in [0.29, 0.717) is 16.8 Å². The van der Waals surface area contributed by atoms with Crippen LogP contribution < -0.4 is 5.32 Å². The third-order valence-corrected chi connectivity index (χ3v) is 5.55. The van der Waals surface area contributed by atoms with E-state index >= 15 is 0 Å². The van der Waals surface area contributed by atoms with Crippen molar-refractivity contribution in [2.75, 3.05) is 18.4 Å². The average molecular weight is 373 g/mol. The number of hydrogen-bond acceptors (Lipinski definition) is 5. The molecular formula is C13H17BrN4O2S. The molecule has 1 saturated carbocycles. The van der Waals surface area contributed by atoms with Crippen LogP contribution in [0, 0.1) is 11.3 Å². The molecule has 2 rings (SSSR count). The lowest BCUT2D eigenvalue weighted by Crippen LogP contribution is -2.34. The summed E-state index contributed by atoms with van der Waals surface area (Å²) in [6.45, 7) is 2.69. The molecule has 0 spiro atoms. The summed E-state index contributed by atoms with van der Waals surface area (Å²) in [5, 5.41) is 11.7. The van der Waals surface area contributed by atoms with Crippen molar-refractivity contribution in [2.45, 2.75) is 37.1 Å². The minimum atomic E-state index is -3.66. The molecule has 1 aromatic rings. The number of rotatable bonds is 7. The van der Waals surface area contributed by atoms with E-state index < -0.39 is 10.0 Å². The highest BCUT2D eigenvalue weighted by Gasteiger charge is 2.39.